The summed E-state index contributed by atoms with van der Waals surface area (Å²) in [6.45, 7) is 3.70. The molecule has 1 heterocycles. The Bertz CT molecular complexity index is 344. The predicted molar refractivity (Wildman–Crippen MR) is 65.5 cm³/mol. The minimum absolute atomic E-state index is 0.0140. The van der Waals surface area contributed by atoms with Crippen molar-refractivity contribution in [1.82, 2.24) is 5.32 Å². The second kappa shape index (κ2) is 5.12. The number of hydrogen-bond acceptors (Lipinski definition) is 2. The van der Waals surface area contributed by atoms with Crippen molar-refractivity contribution in [2.45, 2.75) is 25.8 Å². The molecule has 1 amide bonds. The Balaban J connectivity index is 2.13. The molecular weight excluding hydrogens is 200 g/mol. The van der Waals surface area contributed by atoms with E-state index in [0.717, 1.165) is 31.6 Å². The molecule has 1 aliphatic heterocycles. The Kier molecular flexibility index (Phi) is 3.57. The van der Waals surface area contributed by atoms with Crippen molar-refractivity contribution in [1.29, 1.82) is 0 Å². The van der Waals surface area contributed by atoms with Crippen molar-refractivity contribution < 1.29 is 4.79 Å². The molecule has 0 bridgehead atoms. The maximum atomic E-state index is 12.2. The van der Waals surface area contributed by atoms with Gasteiger partial charge in [0, 0.05) is 12.2 Å². The zero-order chi connectivity index (χ0) is 11.4. The minimum Gasteiger partial charge on any atom is -0.311 e. The number of carbonyl (C=O) groups excluding carboxylic acids is 1. The van der Waals surface area contributed by atoms with E-state index in [2.05, 4.69) is 5.32 Å². The van der Waals surface area contributed by atoms with Crippen LogP contribution < -0.4 is 10.2 Å². The van der Waals surface area contributed by atoms with Gasteiger partial charge >= 0.3 is 0 Å². The van der Waals surface area contributed by atoms with E-state index in [1.54, 1.807) is 0 Å². The zero-order valence-electron chi connectivity index (χ0n) is 9.65. The van der Waals surface area contributed by atoms with Crippen molar-refractivity contribution >= 4 is 11.6 Å². The van der Waals surface area contributed by atoms with Crippen LogP contribution in [0, 0.1) is 0 Å². The van der Waals surface area contributed by atoms with Gasteiger partial charge in [-0.15, -0.1) is 0 Å². The minimum atomic E-state index is 0.0140. The van der Waals surface area contributed by atoms with Gasteiger partial charge in [-0.1, -0.05) is 18.2 Å². The van der Waals surface area contributed by atoms with Gasteiger partial charge in [-0.3, -0.25) is 4.79 Å². The Morgan fingerprint density at radius 3 is 2.75 bits per heavy atom. The van der Waals surface area contributed by atoms with Crippen LogP contribution in [0.3, 0.4) is 0 Å². The van der Waals surface area contributed by atoms with Crippen molar-refractivity contribution in [3.63, 3.8) is 0 Å². The summed E-state index contributed by atoms with van der Waals surface area (Å²) in [5.41, 5.74) is 0.990. The van der Waals surface area contributed by atoms with Crippen LogP contribution >= 0.6 is 0 Å². The fourth-order valence-electron chi connectivity index (χ4n) is 2.16. The normalized spacial score (nSPS) is 19.7. The van der Waals surface area contributed by atoms with E-state index >= 15 is 0 Å². The summed E-state index contributed by atoms with van der Waals surface area (Å²) in [5.74, 6) is 0.200. The van der Waals surface area contributed by atoms with Gasteiger partial charge in [0.15, 0.2) is 0 Å². The van der Waals surface area contributed by atoms with Gasteiger partial charge in [0.05, 0.1) is 6.04 Å². The first kappa shape index (κ1) is 11.1. The Hall–Kier alpha value is -1.35. The molecule has 3 nitrogen and oxygen atoms in total. The van der Waals surface area contributed by atoms with Crippen molar-refractivity contribution in [2.75, 3.05) is 18.0 Å². The summed E-state index contributed by atoms with van der Waals surface area (Å²) >= 11 is 0. The third kappa shape index (κ3) is 2.25. The molecule has 0 aromatic heterocycles. The van der Waals surface area contributed by atoms with Crippen LogP contribution in [0.1, 0.15) is 19.8 Å². The molecule has 3 heteroatoms. The maximum Gasteiger partial charge on any atom is 0.244 e. The van der Waals surface area contributed by atoms with E-state index in [1.807, 2.05) is 42.2 Å². The van der Waals surface area contributed by atoms with Gasteiger partial charge in [-0.2, -0.15) is 0 Å². The lowest BCUT2D eigenvalue weighted by molar-refractivity contribution is -0.120. The number of benzene rings is 1. The fraction of sp³-hybridized carbons (Fsp3) is 0.462. The van der Waals surface area contributed by atoms with E-state index < -0.39 is 0 Å². The molecule has 0 aliphatic carbocycles. The van der Waals surface area contributed by atoms with Crippen LogP contribution in [0.15, 0.2) is 30.3 Å². The van der Waals surface area contributed by atoms with E-state index in [4.69, 9.17) is 0 Å². The summed E-state index contributed by atoms with van der Waals surface area (Å²) < 4.78 is 0. The van der Waals surface area contributed by atoms with E-state index in [-0.39, 0.29) is 11.9 Å². The van der Waals surface area contributed by atoms with Gasteiger partial charge < -0.3 is 10.2 Å². The number of nitrogens with zero attached hydrogens (tertiary/aromatic N) is 1. The van der Waals surface area contributed by atoms with E-state index in [9.17, 15) is 4.79 Å². The first-order valence-corrected chi connectivity index (χ1v) is 5.92. The van der Waals surface area contributed by atoms with Gasteiger partial charge in [-0.05, 0) is 38.4 Å². The molecule has 86 valence electrons. The van der Waals surface area contributed by atoms with Crippen LogP contribution in [0.25, 0.3) is 0 Å². The molecule has 0 saturated carbocycles. The van der Waals surface area contributed by atoms with Crippen LogP contribution in [-0.4, -0.2) is 25.0 Å². The van der Waals surface area contributed by atoms with Gasteiger partial charge in [0.2, 0.25) is 5.91 Å². The van der Waals surface area contributed by atoms with Crippen LogP contribution in [-0.2, 0) is 4.79 Å². The third-order valence-electron chi connectivity index (χ3n) is 3.01. The highest BCUT2D eigenvalue weighted by molar-refractivity contribution is 5.97. The summed E-state index contributed by atoms with van der Waals surface area (Å²) in [7, 11) is 0. The molecule has 1 N–H and O–H groups in total. The maximum absolute atomic E-state index is 12.2. The van der Waals surface area contributed by atoms with Crippen LogP contribution in [0.2, 0.25) is 0 Å². The van der Waals surface area contributed by atoms with Gasteiger partial charge in [0.1, 0.15) is 0 Å². The largest absolute Gasteiger partial charge is 0.311 e. The standard InChI is InChI=1S/C13H18N2O/c1-2-15(11-7-4-3-5-8-11)13(16)12-9-6-10-14-12/h3-5,7-8,12,14H,2,6,9-10H2,1H3/t12-/m1/s1. The Morgan fingerprint density at radius 1 is 1.44 bits per heavy atom. The summed E-state index contributed by atoms with van der Waals surface area (Å²) in [6.07, 6.45) is 2.06. The second-order valence-electron chi connectivity index (χ2n) is 4.07. The second-order valence-corrected chi connectivity index (χ2v) is 4.07. The molecule has 16 heavy (non-hydrogen) atoms. The summed E-state index contributed by atoms with van der Waals surface area (Å²) in [4.78, 5) is 14.1. The highest BCUT2D eigenvalue weighted by Crippen LogP contribution is 2.17. The zero-order valence-corrected chi connectivity index (χ0v) is 9.65. The average molecular weight is 218 g/mol. The molecule has 0 spiro atoms. The molecule has 1 atom stereocenters. The van der Waals surface area contributed by atoms with Crippen LogP contribution in [0.5, 0.6) is 0 Å². The topological polar surface area (TPSA) is 32.3 Å². The number of nitrogens with one attached hydrogen (secondary N) is 1. The molecule has 0 unspecified atom stereocenters. The molecular formula is C13H18N2O. The SMILES string of the molecule is CCN(C(=O)[C@H]1CCCN1)c1ccccc1. The molecule has 1 saturated heterocycles. The number of rotatable bonds is 3. The van der Waals surface area contributed by atoms with E-state index in [1.165, 1.54) is 0 Å². The van der Waals surface area contributed by atoms with Crippen molar-refractivity contribution in [3.05, 3.63) is 30.3 Å². The fourth-order valence-corrected chi connectivity index (χ4v) is 2.16. The van der Waals surface area contributed by atoms with Crippen molar-refractivity contribution in [2.24, 2.45) is 0 Å². The number of carbonyl (C=O) groups is 1. The molecule has 1 aromatic carbocycles. The smallest absolute Gasteiger partial charge is 0.244 e. The molecule has 2 rings (SSSR count). The highest BCUT2D eigenvalue weighted by Gasteiger charge is 2.26. The number of anilines is 1. The Morgan fingerprint density at radius 2 is 2.19 bits per heavy atom. The predicted octanol–water partition coefficient (Wildman–Crippen LogP) is 1.79. The number of para-hydroxylation sites is 1. The summed E-state index contributed by atoms with van der Waals surface area (Å²) in [6, 6.07) is 9.88. The lowest BCUT2D eigenvalue weighted by Gasteiger charge is -2.24. The monoisotopic (exact) mass is 218 g/mol. The van der Waals surface area contributed by atoms with Gasteiger partial charge in [-0.25, -0.2) is 0 Å². The number of hydrogen-bond donors (Lipinski definition) is 1. The molecule has 1 aliphatic rings. The van der Waals surface area contributed by atoms with Crippen molar-refractivity contribution in [3.8, 4) is 0 Å². The third-order valence-corrected chi connectivity index (χ3v) is 3.01. The van der Waals surface area contributed by atoms with Gasteiger partial charge in [0.25, 0.3) is 0 Å². The first-order valence-electron chi connectivity index (χ1n) is 5.92. The lowest BCUT2D eigenvalue weighted by Crippen LogP contribution is -2.43. The van der Waals surface area contributed by atoms with E-state index in [0.29, 0.717) is 0 Å². The molecule has 0 radical (unpaired) electrons. The Labute approximate surface area is 96.5 Å². The lowest BCUT2D eigenvalue weighted by atomic mass is 10.2. The molecule has 1 fully saturated rings. The van der Waals surface area contributed by atoms with Crippen LogP contribution in [0.4, 0.5) is 5.69 Å². The molecule has 1 aromatic rings. The quantitative estimate of drug-likeness (QED) is 0.839. The average Bonchev–Trinajstić information content (AvgIpc) is 2.85. The number of amides is 1. The summed E-state index contributed by atoms with van der Waals surface area (Å²) in [5, 5.41) is 3.25. The first-order chi connectivity index (χ1) is 7.83. The number of likely N-dealkylation sites (N-methyl/N-ethyl adjacent to an activating group) is 1. The highest BCUT2D eigenvalue weighted by atomic mass is 16.2.